The molecule has 4 nitrogen and oxygen atoms in total. The van der Waals surface area contributed by atoms with E-state index in [-0.39, 0.29) is 0 Å². The van der Waals surface area contributed by atoms with E-state index in [9.17, 15) is 0 Å². The van der Waals surface area contributed by atoms with Crippen LogP contribution in [0.25, 0.3) is 0 Å². The number of anilines is 1. The largest absolute Gasteiger partial charge is 0.369 e. The molecule has 0 amide bonds. The number of thioether (sulfide) groups is 1. The Kier molecular flexibility index (Phi) is 7.39. The fourth-order valence-corrected chi connectivity index (χ4v) is 2.28. The van der Waals surface area contributed by atoms with E-state index >= 15 is 0 Å². The molecular formula is C12H21ClN4S. The summed E-state index contributed by atoms with van der Waals surface area (Å²) >= 11 is 7.42. The minimum absolute atomic E-state index is 0.484. The van der Waals surface area contributed by atoms with Crippen LogP contribution in [0.4, 0.5) is 5.82 Å². The first-order valence-electron chi connectivity index (χ1n) is 6.24. The molecule has 0 radical (unpaired) electrons. The summed E-state index contributed by atoms with van der Waals surface area (Å²) in [4.78, 5) is 10.9. The van der Waals surface area contributed by atoms with Crippen molar-refractivity contribution in [1.82, 2.24) is 14.9 Å². The van der Waals surface area contributed by atoms with Gasteiger partial charge < -0.3 is 10.2 Å². The molecule has 1 aromatic rings. The first-order chi connectivity index (χ1) is 8.69. The first kappa shape index (κ1) is 15.5. The molecule has 0 unspecified atom stereocenters. The summed E-state index contributed by atoms with van der Waals surface area (Å²) in [6, 6.07) is 1.76. The summed E-state index contributed by atoms with van der Waals surface area (Å²) in [7, 11) is 0. The van der Waals surface area contributed by atoms with Crippen LogP contribution < -0.4 is 5.32 Å². The van der Waals surface area contributed by atoms with Gasteiger partial charge in [-0.15, -0.1) is 0 Å². The summed E-state index contributed by atoms with van der Waals surface area (Å²) in [6.45, 7) is 8.48. The highest BCUT2D eigenvalue weighted by Gasteiger charge is 2.03. The number of likely N-dealkylation sites (N-methyl/N-ethyl adjacent to an activating group) is 1. The molecule has 0 aromatic carbocycles. The number of nitrogens with one attached hydrogen (secondary N) is 1. The van der Waals surface area contributed by atoms with Crippen LogP contribution in [-0.4, -0.2) is 47.3 Å². The zero-order valence-corrected chi connectivity index (χ0v) is 12.8. The standard InChI is InChI=1S/C12H21ClN4S/c1-4-7-17(5-2)8-6-14-11-9-10(13)15-12(16-11)18-3/h9H,4-8H2,1-3H3,(H,14,15,16). The topological polar surface area (TPSA) is 41.0 Å². The third kappa shape index (κ3) is 5.42. The Morgan fingerprint density at radius 2 is 2.11 bits per heavy atom. The molecule has 0 aliphatic carbocycles. The van der Waals surface area contributed by atoms with Gasteiger partial charge in [-0.1, -0.05) is 37.2 Å². The fourth-order valence-electron chi connectivity index (χ4n) is 1.66. The van der Waals surface area contributed by atoms with Crippen LogP contribution in [-0.2, 0) is 0 Å². The van der Waals surface area contributed by atoms with Crippen LogP contribution in [0.1, 0.15) is 20.3 Å². The van der Waals surface area contributed by atoms with Crippen LogP contribution >= 0.6 is 23.4 Å². The Balaban J connectivity index is 2.45. The average Bonchev–Trinajstić information content (AvgIpc) is 2.37. The Labute approximate surface area is 119 Å². The van der Waals surface area contributed by atoms with Gasteiger partial charge in [-0.05, 0) is 25.8 Å². The van der Waals surface area contributed by atoms with Crippen LogP contribution in [0.3, 0.4) is 0 Å². The zero-order chi connectivity index (χ0) is 13.4. The highest BCUT2D eigenvalue weighted by Crippen LogP contribution is 2.16. The molecule has 0 aliphatic rings. The predicted octanol–water partition coefficient (Wildman–Crippen LogP) is 3.00. The normalized spacial score (nSPS) is 10.9. The maximum absolute atomic E-state index is 5.93. The summed E-state index contributed by atoms with van der Waals surface area (Å²) in [5.74, 6) is 0.798. The van der Waals surface area contributed by atoms with E-state index in [1.54, 1.807) is 6.07 Å². The second-order valence-corrected chi connectivity index (χ2v) is 5.08. The van der Waals surface area contributed by atoms with Crippen molar-refractivity contribution in [2.24, 2.45) is 0 Å². The molecule has 102 valence electrons. The van der Waals surface area contributed by atoms with E-state index in [2.05, 4.69) is 34.0 Å². The van der Waals surface area contributed by atoms with Crippen molar-refractivity contribution in [1.29, 1.82) is 0 Å². The maximum atomic E-state index is 5.93. The van der Waals surface area contributed by atoms with Gasteiger partial charge in [-0.25, -0.2) is 9.97 Å². The second-order valence-electron chi connectivity index (χ2n) is 3.92. The SMILES string of the molecule is CCCN(CC)CCNc1cc(Cl)nc(SC)n1. The summed E-state index contributed by atoms with van der Waals surface area (Å²) in [6.07, 6.45) is 3.12. The van der Waals surface area contributed by atoms with Gasteiger partial charge >= 0.3 is 0 Å². The second kappa shape index (κ2) is 8.56. The van der Waals surface area contributed by atoms with Crippen molar-refractivity contribution in [3.63, 3.8) is 0 Å². The van der Waals surface area contributed by atoms with Gasteiger partial charge in [-0.2, -0.15) is 0 Å². The van der Waals surface area contributed by atoms with Crippen molar-refractivity contribution in [2.75, 3.05) is 37.8 Å². The molecule has 0 fully saturated rings. The molecule has 0 saturated carbocycles. The van der Waals surface area contributed by atoms with Crippen LogP contribution in [0, 0.1) is 0 Å². The van der Waals surface area contributed by atoms with Gasteiger partial charge in [0.1, 0.15) is 11.0 Å². The van der Waals surface area contributed by atoms with Gasteiger partial charge in [0.25, 0.3) is 0 Å². The molecule has 1 aromatic heterocycles. The average molecular weight is 289 g/mol. The Morgan fingerprint density at radius 1 is 1.33 bits per heavy atom. The van der Waals surface area contributed by atoms with E-state index in [0.29, 0.717) is 10.3 Å². The molecule has 0 saturated heterocycles. The molecule has 1 heterocycles. The summed E-state index contributed by atoms with van der Waals surface area (Å²) in [5.41, 5.74) is 0. The van der Waals surface area contributed by atoms with Crippen LogP contribution in [0.5, 0.6) is 0 Å². The van der Waals surface area contributed by atoms with Crippen molar-refractivity contribution < 1.29 is 0 Å². The Morgan fingerprint density at radius 3 is 2.72 bits per heavy atom. The number of rotatable bonds is 8. The number of aromatic nitrogens is 2. The smallest absolute Gasteiger partial charge is 0.190 e. The van der Waals surface area contributed by atoms with E-state index < -0.39 is 0 Å². The van der Waals surface area contributed by atoms with Gasteiger partial charge in [0.15, 0.2) is 5.16 Å². The van der Waals surface area contributed by atoms with E-state index in [1.165, 1.54) is 18.2 Å². The lowest BCUT2D eigenvalue weighted by atomic mass is 10.4. The monoisotopic (exact) mass is 288 g/mol. The minimum Gasteiger partial charge on any atom is -0.369 e. The highest BCUT2D eigenvalue weighted by atomic mass is 35.5. The van der Waals surface area contributed by atoms with Gasteiger partial charge in [0.05, 0.1) is 0 Å². The molecule has 0 bridgehead atoms. The first-order valence-corrected chi connectivity index (χ1v) is 7.84. The molecule has 0 atom stereocenters. The number of hydrogen-bond donors (Lipinski definition) is 1. The molecule has 1 N–H and O–H groups in total. The van der Waals surface area contributed by atoms with Gasteiger partial charge in [0, 0.05) is 19.2 Å². The Hall–Kier alpha value is -0.520. The molecular weight excluding hydrogens is 268 g/mol. The van der Waals surface area contributed by atoms with Gasteiger partial charge in [-0.3, -0.25) is 0 Å². The predicted molar refractivity (Wildman–Crippen MR) is 79.7 cm³/mol. The lowest BCUT2D eigenvalue weighted by molar-refractivity contribution is 0.300. The number of nitrogens with zero attached hydrogens (tertiary/aromatic N) is 3. The maximum Gasteiger partial charge on any atom is 0.190 e. The van der Waals surface area contributed by atoms with Crippen molar-refractivity contribution >= 4 is 29.2 Å². The van der Waals surface area contributed by atoms with Crippen molar-refractivity contribution in [3.8, 4) is 0 Å². The molecule has 18 heavy (non-hydrogen) atoms. The van der Waals surface area contributed by atoms with Crippen LogP contribution in [0.15, 0.2) is 11.2 Å². The summed E-state index contributed by atoms with van der Waals surface area (Å²) in [5, 5.41) is 4.48. The van der Waals surface area contributed by atoms with Crippen LogP contribution in [0.2, 0.25) is 5.15 Å². The van der Waals surface area contributed by atoms with E-state index in [1.807, 2.05) is 6.26 Å². The fraction of sp³-hybridized carbons (Fsp3) is 0.667. The number of hydrogen-bond acceptors (Lipinski definition) is 5. The third-order valence-corrected chi connectivity index (χ3v) is 3.32. The lowest BCUT2D eigenvalue weighted by Gasteiger charge is -2.19. The van der Waals surface area contributed by atoms with Crippen molar-refractivity contribution in [2.45, 2.75) is 25.4 Å². The third-order valence-electron chi connectivity index (χ3n) is 2.58. The highest BCUT2D eigenvalue weighted by molar-refractivity contribution is 7.98. The van der Waals surface area contributed by atoms with Crippen molar-refractivity contribution in [3.05, 3.63) is 11.2 Å². The molecule has 0 spiro atoms. The zero-order valence-electron chi connectivity index (χ0n) is 11.2. The van der Waals surface area contributed by atoms with E-state index in [0.717, 1.165) is 32.0 Å². The molecule has 6 heteroatoms. The lowest BCUT2D eigenvalue weighted by Crippen LogP contribution is -2.29. The number of halogens is 1. The molecule has 1 rings (SSSR count). The van der Waals surface area contributed by atoms with Gasteiger partial charge in [0.2, 0.25) is 0 Å². The van der Waals surface area contributed by atoms with E-state index in [4.69, 9.17) is 11.6 Å². The molecule has 0 aliphatic heterocycles. The minimum atomic E-state index is 0.484. The Bertz CT molecular complexity index is 362. The summed E-state index contributed by atoms with van der Waals surface area (Å²) < 4.78 is 0. The quantitative estimate of drug-likeness (QED) is 0.452.